The predicted octanol–water partition coefficient (Wildman–Crippen LogP) is 3.07. The van der Waals surface area contributed by atoms with Crippen molar-refractivity contribution in [2.75, 3.05) is 0 Å². The summed E-state index contributed by atoms with van der Waals surface area (Å²) in [5, 5.41) is 0. The predicted molar refractivity (Wildman–Crippen MR) is 59.3 cm³/mol. The molecule has 14 heavy (non-hydrogen) atoms. The zero-order valence-corrected chi connectivity index (χ0v) is 8.79. The van der Waals surface area contributed by atoms with Gasteiger partial charge in [-0.1, -0.05) is 30.3 Å². The van der Waals surface area contributed by atoms with Gasteiger partial charge in [0.2, 0.25) is 0 Å². The Morgan fingerprint density at radius 3 is 2.71 bits per heavy atom. The molecular formula is C13H16O. The highest BCUT2D eigenvalue weighted by atomic mass is 16.1. The van der Waals surface area contributed by atoms with Crippen LogP contribution < -0.4 is 0 Å². The molecule has 0 spiro atoms. The maximum Gasteiger partial charge on any atom is 0.145 e. The van der Waals surface area contributed by atoms with Crippen molar-refractivity contribution in [3.63, 3.8) is 0 Å². The summed E-state index contributed by atoms with van der Waals surface area (Å²) in [7, 11) is 0. The van der Waals surface area contributed by atoms with Gasteiger partial charge in [-0.3, -0.25) is 4.79 Å². The minimum atomic E-state index is 0.818. The number of carbonyl (C=O) groups excluding carboxylic acids is 1. The van der Waals surface area contributed by atoms with Crippen molar-refractivity contribution in [2.24, 2.45) is 0 Å². The Morgan fingerprint density at radius 2 is 2.07 bits per heavy atom. The van der Waals surface area contributed by atoms with Gasteiger partial charge in [0.15, 0.2) is 0 Å². The van der Waals surface area contributed by atoms with Crippen molar-refractivity contribution >= 4 is 6.29 Å². The average molecular weight is 188 g/mol. The molecule has 0 radical (unpaired) electrons. The molecule has 0 saturated carbocycles. The summed E-state index contributed by atoms with van der Waals surface area (Å²) in [4.78, 5) is 10.3. The molecule has 1 nitrogen and oxygen atoms in total. The van der Waals surface area contributed by atoms with E-state index in [1.54, 1.807) is 0 Å². The molecule has 0 N–H and O–H groups in total. The van der Waals surface area contributed by atoms with Crippen molar-refractivity contribution in [3.05, 3.63) is 47.0 Å². The van der Waals surface area contributed by atoms with Gasteiger partial charge in [0.05, 0.1) is 0 Å². The van der Waals surface area contributed by atoms with Gasteiger partial charge in [0.25, 0.3) is 0 Å². The third-order valence-corrected chi connectivity index (χ3v) is 2.33. The van der Waals surface area contributed by atoms with E-state index in [4.69, 9.17) is 0 Å². The van der Waals surface area contributed by atoms with E-state index in [-0.39, 0.29) is 0 Å². The van der Waals surface area contributed by atoms with Gasteiger partial charge in [-0.25, -0.2) is 0 Å². The first-order valence-electron chi connectivity index (χ1n) is 4.90. The fraction of sp³-hybridized carbons (Fsp3) is 0.308. The molecule has 1 aromatic rings. The monoisotopic (exact) mass is 188 g/mol. The second-order valence-electron chi connectivity index (χ2n) is 3.53. The highest BCUT2D eigenvalue weighted by Gasteiger charge is 1.95. The Bertz CT molecular complexity index is 337. The number of rotatable bonds is 4. The molecule has 0 unspecified atom stereocenters. The molecule has 1 aromatic carbocycles. The molecule has 1 rings (SSSR count). The standard InChI is InChI=1S/C13H16O/c1-11(10-14)6-5-9-13-8-4-3-7-12(13)2/h3-4,6-8,10H,5,9H2,1-2H3. The number of hydrogen-bond acceptors (Lipinski definition) is 1. The quantitative estimate of drug-likeness (QED) is 0.524. The van der Waals surface area contributed by atoms with Crippen LogP contribution >= 0.6 is 0 Å². The lowest BCUT2D eigenvalue weighted by molar-refractivity contribution is -0.104. The smallest absolute Gasteiger partial charge is 0.145 e. The van der Waals surface area contributed by atoms with Gasteiger partial charge in [0.1, 0.15) is 6.29 Å². The fourth-order valence-electron chi connectivity index (χ4n) is 1.39. The Kier molecular flexibility index (Phi) is 4.11. The van der Waals surface area contributed by atoms with Crippen LogP contribution in [0.1, 0.15) is 24.5 Å². The van der Waals surface area contributed by atoms with Crippen LogP contribution in [0.5, 0.6) is 0 Å². The second-order valence-corrected chi connectivity index (χ2v) is 3.53. The lowest BCUT2D eigenvalue weighted by atomic mass is 10.0. The highest BCUT2D eigenvalue weighted by Crippen LogP contribution is 2.10. The largest absolute Gasteiger partial charge is 0.298 e. The van der Waals surface area contributed by atoms with Crippen LogP contribution in [0.15, 0.2) is 35.9 Å². The third-order valence-electron chi connectivity index (χ3n) is 2.33. The maximum absolute atomic E-state index is 10.3. The molecule has 0 aliphatic rings. The van der Waals surface area contributed by atoms with Crippen LogP contribution in [0.2, 0.25) is 0 Å². The summed E-state index contributed by atoms with van der Waals surface area (Å²) in [6.45, 7) is 3.95. The number of aldehydes is 1. The number of allylic oxidation sites excluding steroid dienone is 2. The maximum atomic E-state index is 10.3. The summed E-state index contributed by atoms with van der Waals surface area (Å²) in [5.41, 5.74) is 3.51. The van der Waals surface area contributed by atoms with Crippen molar-refractivity contribution < 1.29 is 4.79 Å². The molecule has 0 aromatic heterocycles. The molecule has 0 amide bonds. The first kappa shape index (κ1) is 10.7. The van der Waals surface area contributed by atoms with E-state index in [1.165, 1.54) is 11.1 Å². The summed E-state index contributed by atoms with van der Waals surface area (Å²) in [6, 6.07) is 8.36. The van der Waals surface area contributed by atoms with E-state index in [9.17, 15) is 4.79 Å². The molecular weight excluding hydrogens is 172 g/mol. The summed E-state index contributed by atoms with van der Waals surface area (Å²) < 4.78 is 0. The number of hydrogen-bond donors (Lipinski definition) is 0. The molecule has 1 heteroatoms. The van der Waals surface area contributed by atoms with E-state index in [2.05, 4.69) is 25.1 Å². The Balaban J connectivity index is 2.54. The minimum absolute atomic E-state index is 0.818. The molecule has 0 aliphatic carbocycles. The lowest BCUT2D eigenvalue weighted by Crippen LogP contribution is -1.88. The van der Waals surface area contributed by atoms with Gasteiger partial charge >= 0.3 is 0 Å². The number of carbonyl (C=O) groups is 1. The Labute approximate surface area is 85.5 Å². The summed E-state index contributed by atoms with van der Waals surface area (Å²) >= 11 is 0. The topological polar surface area (TPSA) is 17.1 Å². The zero-order chi connectivity index (χ0) is 10.4. The molecule has 74 valence electrons. The number of aryl methyl sites for hydroxylation is 2. The van der Waals surface area contributed by atoms with Crippen LogP contribution in [0.3, 0.4) is 0 Å². The van der Waals surface area contributed by atoms with Crippen molar-refractivity contribution in [2.45, 2.75) is 26.7 Å². The van der Waals surface area contributed by atoms with Crippen LogP contribution in [-0.4, -0.2) is 6.29 Å². The van der Waals surface area contributed by atoms with Gasteiger partial charge < -0.3 is 0 Å². The molecule has 0 fully saturated rings. The molecule has 0 aliphatic heterocycles. The van der Waals surface area contributed by atoms with E-state index >= 15 is 0 Å². The van der Waals surface area contributed by atoms with Crippen molar-refractivity contribution in [1.82, 2.24) is 0 Å². The first-order valence-corrected chi connectivity index (χ1v) is 4.90. The van der Waals surface area contributed by atoms with E-state index < -0.39 is 0 Å². The number of benzene rings is 1. The van der Waals surface area contributed by atoms with Gasteiger partial charge in [-0.15, -0.1) is 0 Å². The van der Waals surface area contributed by atoms with Gasteiger partial charge in [-0.05, 0) is 43.4 Å². The van der Waals surface area contributed by atoms with Crippen molar-refractivity contribution in [1.29, 1.82) is 0 Å². The SMILES string of the molecule is CC(C=O)=CCCc1ccccc1C. The average Bonchev–Trinajstić information content (AvgIpc) is 2.20. The molecule has 0 bridgehead atoms. The summed E-state index contributed by atoms with van der Waals surface area (Å²) in [5.74, 6) is 0. The lowest BCUT2D eigenvalue weighted by Gasteiger charge is -2.02. The molecule has 0 atom stereocenters. The second kappa shape index (κ2) is 5.38. The van der Waals surface area contributed by atoms with Gasteiger partial charge in [0, 0.05) is 0 Å². The van der Waals surface area contributed by atoms with E-state index in [0.29, 0.717) is 0 Å². The first-order chi connectivity index (χ1) is 6.74. The van der Waals surface area contributed by atoms with Crippen LogP contribution in [0, 0.1) is 6.92 Å². The van der Waals surface area contributed by atoms with Gasteiger partial charge in [-0.2, -0.15) is 0 Å². The summed E-state index contributed by atoms with van der Waals surface area (Å²) in [6.07, 6.45) is 4.84. The normalized spacial score (nSPS) is 11.4. The minimum Gasteiger partial charge on any atom is -0.298 e. The van der Waals surface area contributed by atoms with E-state index in [0.717, 1.165) is 24.7 Å². The van der Waals surface area contributed by atoms with Crippen LogP contribution in [0.25, 0.3) is 0 Å². The van der Waals surface area contributed by atoms with Crippen LogP contribution in [-0.2, 0) is 11.2 Å². The van der Waals surface area contributed by atoms with Crippen LogP contribution in [0.4, 0.5) is 0 Å². The molecule has 0 heterocycles. The molecule has 0 saturated heterocycles. The zero-order valence-electron chi connectivity index (χ0n) is 8.79. The van der Waals surface area contributed by atoms with Crippen molar-refractivity contribution in [3.8, 4) is 0 Å². The van der Waals surface area contributed by atoms with E-state index in [1.807, 2.05) is 19.1 Å². The Hall–Kier alpha value is -1.37. The third kappa shape index (κ3) is 3.17. The Morgan fingerprint density at radius 1 is 1.36 bits per heavy atom. The highest BCUT2D eigenvalue weighted by molar-refractivity contribution is 5.71. The fourth-order valence-corrected chi connectivity index (χ4v) is 1.39.